The molecule has 0 aliphatic carbocycles. The minimum Gasteiger partial charge on any atom is -0.251 e. The van der Waals surface area contributed by atoms with Gasteiger partial charge in [-0.15, -0.1) is 0 Å². The summed E-state index contributed by atoms with van der Waals surface area (Å²) in [5.41, 5.74) is -10.6. The Labute approximate surface area is 81.9 Å². The van der Waals surface area contributed by atoms with Gasteiger partial charge in [-0.25, -0.2) is 0 Å². The Balaban J connectivity index is 0. The fourth-order valence-electron chi connectivity index (χ4n) is 0.345. The van der Waals surface area contributed by atoms with Gasteiger partial charge >= 0.3 is 62.9 Å². The first kappa shape index (κ1) is 17.3. The molecule has 0 radical (unpaired) electrons. The minimum atomic E-state index is -8.75. The van der Waals surface area contributed by atoms with Crippen molar-refractivity contribution < 1.29 is 34.5 Å². The van der Waals surface area contributed by atoms with Gasteiger partial charge in [0.1, 0.15) is 0 Å². The molecule has 0 heterocycles. The predicted octanol–water partition coefficient (Wildman–Crippen LogP) is 5.39. The molecule has 0 aromatic heterocycles. The standard InChI is InChI=1S/C4H6F7P.C2H5F/c1-3(5,6)12(9,10,11)4(2,7)8;1-2-3/h1-2H3;2H2,1H3. The second-order valence-electron chi connectivity index (χ2n) is 2.76. The van der Waals surface area contributed by atoms with E-state index in [9.17, 15) is 34.5 Å². The van der Waals surface area contributed by atoms with Crippen LogP contribution < -0.4 is 0 Å². The molecule has 0 aliphatic rings. The van der Waals surface area contributed by atoms with Crippen molar-refractivity contribution in [2.45, 2.75) is 32.1 Å². The zero-order valence-electron chi connectivity index (χ0n) is 8.18. The van der Waals surface area contributed by atoms with E-state index < -0.39 is 32.7 Å². The Morgan fingerprint density at radius 1 is 0.867 bits per heavy atom. The maximum Gasteiger partial charge on any atom is 0.0866 e. The molecule has 0 spiro atoms. The molecule has 0 rings (SSSR count). The maximum atomic E-state index is 12.1. The van der Waals surface area contributed by atoms with Crippen LogP contribution in [0.5, 0.6) is 0 Å². The van der Waals surface area contributed by atoms with Gasteiger partial charge in [0.25, 0.3) is 0 Å². The van der Waals surface area contributed by atoms with Crippen LogP contribution >= 0.6 is 7.54 Å². The quantitative estimate of drug-likeness (QED) is 0.464. The van der Waals surface area contributed by atoms with Gasteiger partial charge in [0, 0.05) is 0 Å². The number of rotatable bonds is 2. The summed E-state index contributed by atoms with van der Waals surface area (Å²) in [5, 5.41) is 0. The predicted molar refractivity (Wildman–Crippen MR) is 43.1 cm³/mol. The van der Waals surface area contributed by atoms with E-state index in [4.69, 9.17) is 0 Å². The average molecular weight is 266 g/mol. The van der Waals surface area contributed by atoms with Crippen LogP contribution in [0.1, 0.15) is 20.8 Å². The summed E-state index contributed by atoms with van der Waals surface area (Å²) < 4.78 is 93.9. The van der Waals surface area contributed by atoms with Crippen molar-refractivity contribution in [3.8, 4) is 0 Å². The maximum absolute atomic E-state index is 12.1. The van der Waals surface area contributed by atoms with Crippen molar-refractivity contribution >= 4 is 7.54 Å². The van der Waals surface area contributed by atoms with Crippen LogP contribution in [0.25, 0.3) is 0 Å². The molecule has 0 saturated heterocycles. The van der Waals surface area contributed by atoms with E-state index in [-0.39, 0.29) is 6.67 Å². The molecular weight excluding hydrogens is 255 g/mol. The molecule has 0 atom stereocenters. The van der Waals surface area contributed by atoms with E-state index in [1.807, 2.05) is 0 Å². The van der Waals surface area contributed by atoms with Crippen molar-refractivity contribution in [3.05, 3.63) is 0 Å². The third kappa shape index (κ3) is 3.43. The Bertz CT molecular complexity index is 176. The summed E-state index contributed by atoms with van der Waals surface area (Å²) in [6.45, 7) is 0.102. The fourth-order valence-corrected chi connectivity index (χ4v) is 1.03. The topological polar surface area (TPSA) is 0 Å². The van der Waals surface area contributed by atoms with Crippen LogP contribution in [0.2, 0.25) is 0 Å². The van der Waals surface area contributed by atoms with Crippen molar-refractivity contribution in [2.24, 2.45) is 0 Å². The molecule has 0 aromatic rings. The van der Waals surface area contributed by atoms with E-state index >= 15 is 0 Å². The number of halogens is 8. The van der Waals surface area contributed by atoms with Gasteiger partial charge in [-0.2, -0.15) is 0 Å². The number of alkyl halides is 5. The van der Waals surface area contributed by atoms with E-state index in [2.05, 4.69) is 0 Å². The van der Waals surface area contributed by atoms with Crippen molar-refractivity contribution in [1.82, 2.24) is 0 Å². The Morgan fingerprint density at radius 2 is 1.00 bits per heavy atom. The average Bonchev–Trinajstić information content (AvgIpc) is 1.81. The van der Waals surface area contributed by atoms with Crippen molar-refractivity contribution in [2.75, 3.05) is 6.67 Å². The molecule has 0 N–H and O–H groups in total. The zero-order valence-corrected chi connectivity index (χ0v) is 9.07. The van der Waals surface area contributed by atoms with Gasteiger partial charge in [-0.1, -0.05) is 0 Å². The first-order valence-corrected chi connectivity index (χ1v) is 5.59. The minimum absolute atomic E-state index is 0.250. The first-order chi connectivity index (χ1) is 6.20. The van der Waals surface area contributed by atoms with Crippen LogP contribution in [-0.2, 0) is 0 Å². The SMILES string of the molecule is CC(F)(F)P(F)(F)(F)C(C)(F)F.CCF. The van der Waals surface area contributed by atoms with Gasteiger partial charge in [0.15, 0.2) is 0 Å². The van der Waals surface area contributed by atoms with Gasteiger partial charge in [-0.05, 0) is 6.92 Å². The molecule has 96 valence electrons. The Morgan fingerprint density at radius 3 is 1.00 bits per heavy atom. The summed E-state index contributed by atoms with van der Waals surface area (Å²) in [6.07, 6.45) is 0. The van der Waals surface area contributed by atoms with Crippen LogP contribution in [0.15, 0.2) is 0 Å². The molecule has 15 heavy (non-hydrogen) atoms. The molecule has 0 nitrogen and oxygen atoms in total. The molecule has 0 saturated carbocycles. The van der Waals surface area contributed by atoms with E-state index in [1.54, 1.807) is 0 Å². The summed E-state index contributed by atoms with van der Waals surface area (Å²) in [4.78, 5) is 0. The second kappa shape index (κ2) is 4.39. The van der Waals surface area contributed by atoms with Gasteiger partial charge in [0.2, 0.25) is 0 Å². The molecule has 0 aliphatic heterocycles. The largest absolute Gasteiger partial charge is 0.251 e. The van der Waals surface area contributed by atoms with Crippen LogP contribution in [-0.4, -0.2) is 18.0 Å². The van der Waals surface area contributed by atoms with Crippen molar-refractivity contribution in [1.29, 1.82) is 0 Å². The summed E-state index contributed by atoms with van der Waals surface area (Å²) >= 11 is 0. The molecule has 0 aromatic carbocycles. The fraction of sp³-hybridized carbons (Fsp3) is 1.00. The van der Waals surface area contributed by atoms with E-state index in [0.717, 1.165) is 0 Å². The molecule has 9 heteroatoms. The zero-order chi connectivity index (χ0) is 13.2. The van der Waals surface area contributed by atoms with Gasteiger partial charge in [0.05, 0.1) is 6.67 Å². The van der Waals surface area contributed by atoms with Crippen LogP contribution in [0.4, 0.5) is 34.5 Å². The summed E-state index contributed by atoms with van der Waals surface area (Å²) in [5.74, 6) is 0. The van der Waals surface area contributed by atoms with Crippen molar-refractivity contribution in [3.63, 3.8) is 0 Å². The smallest absolute Gasteiger partial charge is 0.0866 e. The normalized spacial score (nSPS) is 16.1. The van der Waals surface area contributed by atoms with E-state index in [0.29, 0.717) is 0 Å². The Hall–Kier alpha value is -0.130. The molecule has 0 bridgehead atoms. The number of hydrogen-bond acceptors (Lipinski definition) is 0. The van der Waals surface area contributed by atoms with E-state index in [1.165, 1.54) is 6.92 Å². The molecule has 0 unspecified atom stereocenters. The van der Waals surface area contributed by atoms with Gasteiger partial charge in [-0.3, -0.25) is 4.39 Å². The summed E-state index contributed by atoms with van der Waals surface area (Å²) in [7, 11) is -8.75. The third-order valence-electron chi connectivity index (χ3n) is 1.28. The number of hydrogen-bond donors (Lipinski definition) is 0. The first-order valence-electron chi connectivity index (χ1n) is 3.68. The third-order valence-corrected chi connectivity index (χ3v) is 3.85. The molecule has 0 fully saturated rings. The molecular formula is C6H11F8P. The molecule has 0 amide bonds. The Kier molecular flexibility index (Phi) is 5.06. The summed E-state index contributed by atoms with van der Waals surface area (Å²) in [6, 6.07) is 0. The second-order valence-corrected chi connectivity index (χ2v) is 5.95. The van der Waals surface area contributed by atoms with Crippen LogP contribution in [0.3, 0.4) is 0 Å². The van der Waals surface area contributed by atoms with Gasteiger partial charge < -0.3 is 0 Å². The van der Waals surface area contributed by atoms with Crippen LogP contribution in [0, 0.1) is 0 Å². The monoisotopic (exact) mass is 266 g/mol.